The third-order valence-electron chi connectivity index (χ3n) is 4.71. The van der Waals surface area contributed by atoms with Gasteiger partial charge in [-0.15, -0.1) is 0 Å². The lowest BCUT2D eigenvalue weighted by molar-refractivity contribution is 0.102. The summed E-state index contributed by atoms with van der Waals surface area (Å²) in [6, 6.07) is 12.7. The molecule has 3 N–H and O–H groups in total. The quantitative estimate of drug-likeness (QED) is 0.494. The number of carbonyl (C=O) groups is 1. The molecule has 1 amide bonds. The predicted molar refractivity (Wildman–Crippen MR) is 122 cm³/mol. The number of aromatic nitrogens is 1. The van der Waals surface area contributed by atoms with Crippen molar-refractivity contribution in [3.8, 4) is 17.2 Å². The Bertz CT molecular complexity index is 1060. The number of carbonyl (C=O) groups excluding carboxylic acids is 1. The molecule has 0 bridgehead atoms. The highest BCUT2D eigenvalue weighted by Crippen LogP contribution is 2.40. The molecular weight excluding hydrogens is 396 g/mol. The van der Waals surface area contributed by atoms with Crippen LogP contribution in [0.5, 0.6) is 17.2 Å². The fourth-order valence-corrected chi connectivity index (χ4v) is 3.12. The molecule has 8 heteroatoms. The van der Waals surface area contributed by atoms with Gasteiger partial charge in [0.15, 0.2) is 11.5 Å². The Morgan fingerprint density at radius 1 is 0.871 bits per heavy atom. The van der Waals surface area contributed by atoms with Crippen molar-refractivity contribution in [3.05, 3.63) is 59.9 Å². The number of aryl methyl sites for hydroxylation is 1. The van der Waals surface area contributed by atoms with Crippen molar-refractivity contribution in [1.29, 1.82) is 0 Å². The monoisotopic (exact) mass is 422 g/mol. The molecule has 0 aliphatic rings. The van der Waals surface area contributed by atoms with Gasteiger partial charge in [-0.25, -0.2) is 0 Å². The fourth-order valence-electron chi connectivity index (χ4n) is 3.12. The van der Waals surface area contributed by atoms with Crippen LogP contribution in [0, 0.1) is 6.92 Å². The van der Waals surface area contributed by atoms with E-state index in [1.807, 2.05) is 32.2 Å². The van der Waals surface area contributed by atoms with E-state index in [1.165, 1.54) is 0 Å². The van der Waals surface area contributed by atoms with Crippen molar-refractivity contribution in [2.45, 2.75) is 6.92 Å². The third kappa shape index (κ3) is 4.98. The molecule has 0 unspecified atom stereocenters. The van der Waals surface area contributed by atoms with Crippen LogP contribution in [0.4, 0.5) is 22.7 Å². The summed E-state index contributed by atoms with van der Waals surface area (Å²) >= 11 is 0. The van der Waals surface area contributed by atoms with Gasteiger partial charge in [-0.2, -0.15) is 0 Å². The highest BCUT2D eigenvalue weighted by molar-refractivity contribution is 6.03. The molecular formula is C23H26N4O4. The van der Waals surface area contributed by atoms with Gasteiger partial charge < -0.3 is 30.2 Å². The molecule has 0 spiro atoms. The molecule has 2 aromatic carbocycles. The molecule has 0 saturated carbocycles. The second-order valence-electron chi connectivity index (χ2n) is 6.70. The number of nitrogens with zero attached hydrogens (tertiary/aromatic N) is 1. The maximum absolute atomic E-state index is 12.7. The average Bonchev–Trinajstić information content (AvgIpc) is 2.79. The van der Waals surface area contributed by atoms with Gasteiger partial charge in [0.05, 0.1) is 21.3 Å². The smallest absolute Gasteiger partial charge is 0.274 e. The Kier molecular flexibility index (Phi) is 6.81. The number of pyridine rings is 1. The minimum absolute atomic E-state index is 0.282. The van der Waals surface area contributed by atoms with E-state index in [9.17, 15) is 4.79 Å². The summed E-state index contributed by atoms with van der Waals surface area (Å²) in [7, 11) is 6.50. The van der Waals surface area contributed by atoms with Crippen molar-refractivity contribution in [3.63, 3.8) is 0 Å². The first kappa shape index (κ1) is 21.8. The van der Waals surface area contributed by atoms with E-state index < -0.39 is 0 Å². The molecule has 1 aromatic heterocycles. The minimum Gasteiger partial charge on any atom is -0.493 e. The molecule has 31 heavy (non-hydrogen) atoms. The average molecular weight is 422 g/mol. The second kappa shape index (κ2) is 9.71. The number of rotatable bonds is 8. The number of nitrogens with one attached hydrogen (secondary N) is 3. The van der Waals surface area contributed by atoms with Crippen LogP contribution in [0.1, 0.15) is 16.1 Å². The summed E-state index contributed by atoms with van der Waals surface area (Å²) in [4.78, 5) is 16.9. The van der Waals surface area contributed by atoms with Crippen molar-refractivity contribution in [2.24, 2.45) is 0 Å². The van der Waals surface area contributed by atoms with Gasteiger partial charge in [-0.3, -0.25) is 9.78 Å². The minimum atomic E-state index is -0.306. The highest BCUT2D eigenvalue weighted by Gasteiger charge is 2.14. The Labute approximate surface area is 181 Å². The molecule has 3 aromatic rings. The lowest BCUT2D eigenvalue weighted by Crippen LogP contribution is -2.14. The van der Waals surface area contributed by atoms with Crippen molar-refractivity contribution >= 4 is 28.7 Å². The Balaban J connectivity index is 1.81. The van der Waals surface area contributed by atoms with E-state index in [1.54, 1.807) is 51.8 Å². The molecule has 0 radical (unpaired) electrons. The highest BCUT2D eigenvalue weighted by atomic mass is 16.5. The van der Waals surface area contributed by atoms with Gasteiger partial charge >= 0.3 is 0 Å². The van der Waals surface area contributed by atoms with Gasteiger partial charge in [0.2, 0.25) is 5.75 Å². The van der Waals surface area contributed by atoms with Crippen molar-refractivity contribution < 1.29 is 19.0 Å². The van der Waals surface area contributed by atoms with Crippen molar-refractivity contribution in [2.75, 3.05) is 44.3 Å². The number of anilines is 4. The van der Waals surface area contributed by atoms with E-state index in [2.05, 4.69) is 20.9 Å². The Morgan fingerprint density at radius 3 is 2.19 bits per heavy atom. The SMILES string of the molecule is CNc1cc(NC(=O)c2cc(Nc3cc(OC)c(OC)c(OC)c3)ccn2)ccc1C. The summed E-state index contributed by atoms with van der Waals surface area (Å²) in [5.41, 5.74) is 4.41. The number of amides is 1. The standard InChI is InChI=1S/C23H26N4O4/c1-14-6-7-15(10-18(14)24-2)27-23(28)19-11-16(8-9-25-19)26-17-12-20(29-3)22(31-5)21(13-17)30-4/h6-13,24H,1-5H3,(H,25,26)(H,27,28). The number of hydrogen-bond acceptors (Lipinski definition) is 7. The van der Waals surface area contributed by atoms with Crippen LogP contribution >= 0.6 is 0 Å². The molecule has 0 fully saturated rings. The van der Waals surface area contributed by atoms with E-state index in [4.69, 9.17) is 14.2 Å². The fraction of sp³-hybridized carbons (Fsp3) is 0.217. The summed E-state index contributed by atoms with van der Waals surface area (Å²) < 4.78 is 16.1. The molecule has 0 aliphatic heterocycles. The third-order valence-corrected chi connectivity index (χ3v) is 4.71. The molecule has 1 heterocycles. The predicted octanol–water partition coefficient (Wildman–Crippen LogP) is 4.45. The summed E-state index contributed by atoms with van der Waals surface area (Å²) in [6.07, 6.45) is 1.57. The van der Waals surface area contributed by atoms with Gasteiger partial charge in [0, 0.05) is 48.1 Å². The Hall–Kier alpha value is -3.94. The normalized spacial score (nSPS) is 10.2. The van der Waals surface area contributed by atoms with Gasteiger partial charge in [0.25, 0.3) is 5.91 Å². The summed E-state index contributed by atoms with van der Waals surface area (Å²) in [5.74, 6) is 1.25. The van der Waals surface area contributed by atoms with E-state index in [0.717, 1.165) is 11.3 Å². The van der Waals surface area contributed by atoms with Crippen LogP contribution in [-0.2, 0) is 0 Å². The van der Waals surface area contributed by atoms with Crippen LogP contribution in [0.3, 0.4) is 0 Å². The molecule has 3 rings (SSSR count). The van der Waals surface area contributed by atoms with E-state index in [-0.39, 0.29) is 11.6 Å². The van der Waals surface area contributed by atoms with Crippen molar-refractivity contribution in [1.82, 2.24) is 4.98 Å². The number of ether oxygens (including phenoxy) is 3. The first-order valence-electron chi connectivity index (χ1n) is 9.62. The van der Waals surface area contributed by atoms with Crippen LogP contribution in [-0.4, -0.2) is 39.3 Å². The molecule has 0 atom stereocenters. The van der Waals surface area contributed by atoms with Gasteiger partial charge in [-0.05, 0) is 36.8 Å². The maximum Gasteiger partial charge on any atom is 0.274 e. The zero-order valence-electron chi connectivity index (χ0n) is 18.2. The van der Waals surface area contributed by atoms with Gasteiger partial charge in [0.1, 0.15) is 5.69 Å². The first-order valence-corrected chi connectivity index (χ1v) is 9.62. The largest absolute Gasteiger partial charge is 0.493 e. The zero-order valence-corrected chi connectivity index (χ0v) is 18.2. The molecule has 0 saturated heterocycles. The first-order chi connectivity index (χ1) is 15.0. The second-order valence-corrected chi connectivity index (χ2v) is 6.70. The zero-order chi connectivity index (χ0) is 22.4. The summed E-state index contributed by atoms with van der Waals surface area (Å²) in [6.45, 7) is 2.00. The van der Waals surface area contributed by atoms with Crippen LogP contribution in [0.25, 0.3) is 0 Å². The molecule has 0 aliphatic carbocycles. The Morgan fingerprint density at radius 2 is 1.58 bits per heavy atom. The number of hydrogen-bond donors (Lipinski definition) is 3. The van der Waals surface area contributed by atoms with Crippen LogP contribution in [0.15, 0.2) is 48.7 Å². The van der Waals surface area contributed by atoms with E-state index in [0.29, 0.717) is 34.3 Å². The van der Waals surface area contributed by atoms with Gasteiger partial charge in [-0.1, -0.05) is 6.07 Å². The summed E-state index contributed by atoms with van der Waals surface area (Å²) in [5, 5.41) is 9.23. The number of benzene rings is 2. The lowest BCUT2D eigenvalue weighted by Gasteiger charge is -2.15. The van der Waals surface area contributed by atoms with Crippen LogP contribution < -0.4 is 30.2 Å². The molecule has 8 nitrogen and oxygen atoms in total. The van der Waals surface area contributed by atoms with Crippen LogP contribution in [0.2, 0.25) is 0 Å². The number of methoxy groups -OCH3 is 3. The molecule has 162 valence electrons. The maximum atomic E-state index is 12.7. The van der Waals surface area contributed by atoms with E-state index >= 15 is 0 Å². The lowest BCUT2D eigenvalue weighted by atomic mass is 10.1. The topological polar surface area (TPSA) is 93.7 Å².